The van der Waals surface area contributed by atoms with Crippen molar-refractivity contribution in [2.75, 3.05) is 27.2 Å². The molecule has 3 heteroatoms. The molecular formula is C30H41NO2. The van der Waals surface area contributed by atoms with Gasteiger partial charge in [-0.05, 0) is 118 Å². The smallest absolute Gasteiger partial charge is 0.120 e. The molecule has 0 unspecified atom stereocenters. The lowest BCUT2D eigenvalue weighted by Crippen LogP contribution is -2.44. The van der Waals surface area contributed by atoms with Gasteiger partial charge in [0, 0.05) is 6.61 Å². The van der Waals surface area contributed by atoms with Crippen LogP contribution >= 0.6 is 0 Å². The summed E-state index contributed by atoms with van der Waals surface area (Å²) in [4.78, 5) is 2.26. The van der Waals surface area contributed by atoms with E-state index < -0.39 is 0 Å². The first kappa shape index (κ1) is 22.9. The summed E-state index contributed by atoms with van der Waals surface area (Å²) in [5.74, 6) is 3.38. The third-order valence-corrected chi connectivity index (χ3v) is 8.93. The fraction of sp³-hybridized carbons (Fsp3) is 0.600. The largest absolute Gasteiger partial charge is 0.489 e. The third-order valence-electron chi connectivity index (χ3n) is 8.93. The number of benzene rings is 2. The Morgan fingerprint density at radius 1 is 1.00 bits per heavy atom. The fourth-order valence-electron chi connectivity index (χ4n) is 7.22. The predicted octanol–water partition coefficient (Wildman–Crippen LogP) is 6.46. The average Bonchev–Trinajstić information content (AvgIpc) is 3.17. The highest BCUT2D eigenvalue weighted by atomic mass is 16.5. The van der Waals surface area contributed by atoms with Gasteiger partial charge in [0.2, 0.25) is 0 Å². The van der Waals surface area contributed by atoms with Crippen LogP contribution in [0.4, 0.5) is 0 Å². The van der Waals surface area contributed by atoms with Crippen LogP contribution in [0.25, 0.3) is 0 Å². The fourth-order valence-corrected chi connectivity index (χ4v) is 7.22. The van der Waals surface area contributed by atoms with E-state index in [0.717, 1.165) is 43.1 Å². The zero-order valence-electron chi connectivity index (χ0n) is 20.8. The molecule has 3 nitrogen and oxygen atoms in total. The molecule has 0 spiro atoms. The molecule has 2 saturated carbocycles. The number of hydrogen-bond donors (Lipinski definition) is 0. The molecular weight excluding hydrogens is 406 g/mol. The standard InChI is InChI=1S/C30H41NO2/c1-30-17-16-26-25-13-11-24(33-21-22-8-5-4-6-9-22)20-23(25)10-12-27(26)28(30)14-15-29(30)32-19-7-18-31(2)3/h4-6,8-9,11,13,20,26-29H,7,10,12,14-19,21H2,1-3H3/t26-,27-,28+,29+,30+/m1/s1. The van der Waals surface area contributed by atoms with Crippen molar-refractivity contribution in [3.63, 3.8) is 0 Å². The maximum Gasteiger partial charge on any atom is 0.120 e. The van der Waals surface area contributed by atoms with Crippen molar-refractivity contribution in [3.8, 4) is 5.75 Å². The Morgan fingerprint density at radius 3 is 2.67 bits per heavy atom. The molecule has 0 aliphatic heterocycles. The van der Waals surface area contributed by atoms with Crippen molar-refractivity contribution in [2.45, 2.75) is 70.5 Å². The molecule has 33 heavy (non-hydrogen) atoms. The first-order valence-corrected chi connectivity index (χ1v) is 13.1. The van der Waals surface area contributed by atoms with Crippen molar-refractivity contribution in [1.29, 1.82) is 0 Å². The lowest BCUT2D eigenvalue weighted by atomic mass is 9.55. The lowest BCUT2D eigenvalue weighted by Gasteiger charge is -2.50. The maximum atomic E-state index is 6.51. The Hall–Kier alpha value is -1.84. The normalized spacial score (nSPS) is 30.5. The SMILES string of the molecule is CN(C)CCCO[C@H]1CC[C@H]2[C@@H]3CCc4cc(OCc5ccccc5)ccc4[C@H]3CC[C@]12C. The van der Waals surface area contributed by atoms with Crippen LogP contribution in [0.3, 0.4) is 0 Å². The van der Waals surface area contributed by atoms with Gasteiger partial charge < -0.3 is 14.4 Å². The van der Waals surface area contributed by atoms with E-state index >= 15 is 0 Å². The van der Waals surface area contributed by atoms with Gasteiger partial charge in [0.05, 0.1) is 6.10 Å². The van der Waals surface area contributed by atoms with Gasteiger partial charge in [-0.1, -0.05) is 43.3 Å². The molecule has 3 aliphatic carbocycles. The molecule has 0 N–H and O–H groups in total. The molecule has 178 valence electrons. The van der Waals surface area contributed by atoms with Crippen LogP contribution in [-0.4, -0.2) is 38.3 Å². The number of aryl methyl sites for hydroxylation is 1. The van der Waals surface area contributed by atoms with Crippen LogP contribution < -0.4 is 4.74 Å². The first-order chi connectivity index (χ1) is 16.0. The van der Waals surface area contributed by atoms with Crippen molar-refractivity contribution >= 4 is 0 Å². The summed E-state index contributed by atoms with van der Waals surface area (Å²) in [6, 6.07) is 17.4. The Morgan fingerprint density at radius 2 is 1.85 bits per heavy atom. The minimum absolute atomic E-state index is 0.371. The zero-order chi connectivity index (χ0) is 22.8. The van der Waals surface area contributed by atoms with Gasteiger partial charge >= 0.3 is 0 Å². The van der Waals surface area contributed by atoms with Gasteiger partial charge in [0.15, 0.2) is 0 Å². The molecule has 0 bridgehead atoms. The second-order valence-electron chi connectivity index (χ2n) is 11.2. The Kier molecular flexibility index (Phi) is 6.81. The first-order valence-electron chi connectivity index (χ1n) is 13.1. The minimum atomic E-state index is 0.371. The molecule has 2 fully saturated rings. The van der Waals surface area contributed by atoms with Crippen molar-refractivity contribution < 1.29 is 9.47 Å². The number of ether oxygens (including phenoxy) is 2. The topological polar surface area (TPSA) is 21.7 Å². The highest BCUT2D eigenvalue weighted by Crippen LogP contribution is 2.61. The lowest BCUT2D eigenvalue weighted by molar-refractivity contribution is -0.0650. The van der Waals surface area contributed by atoms with Gasteiger partial charge in [-0.15, -0.1) is 0 Å². The van der Waals surface area contributed by atoms with Gasteiger partial charge in [-0.25, -0.2) is 0 Å². The van der Waals surface area contributed by atoms with Crippen molar-refractivity contribution in [1.82, 2.24) is 4.90 Å². The van der Waals surface area contributed by atoms with Gasteiger partial charge in [-0.3, -0.25) is 0 Å². The van der Waals surface area contributed by atoms with Crippen LogP contribution in [0.1, 0.15) is 68.1 Å². The quantitative estimate of drug-likeness (QED) is 0.434. The monoisotopic (exact) mass is 447 g/mol. The van der Waals surface area contributed by atoms with Gasteiger partial charge in [0.1, 0.15) is 12.4 Å². The van der Waals surface area contributed by atoms with E-state index in [4.69, 9.17) is 9.47 Å². The molecule has 3 aliphatic rings. The molecule has 5 rings (SSSR count). The van der Waals surface area contributed by atoms with E-state index in [1.165, 1.54) is 49.7 Å². The summed E-state index contributed by atoms with van der Waals surface area (Å²) in [7, 11) is 4.29. The number of fused-ring (bicyclic) bond motifs is 5. The van der Waals surface area contributed by atoms with Crippen LogP contribution in [0, 0.1) is 17.3 Å². The number of nitrogens with zero attached hydrogens (tertiary/aromatic N) is 1. The van der Waals surface area contributed by atoms with Crippen LogP contribution in [0.5, 0.6) is 5.75 Å². The van der Waals surface area contributed by atoms with Crippen molar-refractivity contribution in [3.05, 3.63) is 65.2 Å². The molecule has 2 aromatic carbocycles. The van der Waals surface area contributed by atoms with Gasteiger partial charge in [0.25, 0.3) is 0 Å². The highest BCUT2D eigenvalue weighted by molar-refractivity contribution is 5.41. The Labute approximate surface area is 200 Å². The summed E-state index contributed by atoms with van der Waals surface area (Å²) in [5, 5.41) is 0. The number of rotatable bonds is 8. The summed E-state index contributed by atoms with van der Waals surface area (Å²) < 4.78 is 12.6. The van der Waals surface area contributed by atoms with E-state index in [1.54, 1.807) is 5.56 Å². The zero-order valence-corrected chi connectivity index (χ0v) is 20.8. The molecule has 0 saturated heterocycles. The van der Waals surface area contributed by atoms with E-state index in [1.807, 2.05) is 0 Å². The van der Waals surface area contributed by atoms with Crippen LogP contribution in [-0.2, 0) is 17.8 Å². The Bertz CT molecular complexity index is 926. The van der Waals surface area contributed by atoms with Crippen molar-refractivity contribution in [2.24, 2.45) is 17.3 Å². The van der Waals surface area contributed by atoms with E-state index in [9.17, 15) is 0 Å². The van der Waals surface area contributed by atoms with E-state index in [0.29, 0.717) is 18.1 Å². The summed E-state index contributed by atoms with van der Waals surface area (Å²) in [6.07, 6.45) is 9.34. The summed E-state index contributed by atoms with van der Waals surface area (Å²) >= 11 is 0. The van der Waals surface area contributed by atoms with Crippen LogP contribution in [0.15, 0.2) is 48.5 Å². The molecule has 2 aromatic rings. The minimum Gasteiger partial charge on any atom is -0.489 e. The summed E-state index contributed by atoms with van der Waals surface area (Å²) in [5.41, 5.74) is 4.73. The molecule has 5 atom stereocenters. The van der Waals surface area contributed by atoms with E-state index in [2.05, 4.69) is 74.4 Å². The highest BCUT2D eigenvalue weighted by Gasteiger charge is 2.55. The number of hydrogen-bond acceptors (Lipinski definition) is 3. The predicted molar refractivity (Wildman–Crippen MR) is 135 cm³/mol. The van der Waals surface area contributed by atoms with Gasteiger partial charge in [-0.2, -0.15) is 0 Å². The molecule has 0 heterocycles. The van der Waals surface area contributed by atoms with Crippen LogP contribution in [0.2, 0.25) is 0 Å². The molecule has 0 radical (unpaired) electrons. The second-order valence-corrected chi connectivity index (χ2v) is 11.2. The average molecular weight is 448 g/mol. The van der Waals surface area contributed by atoms with E-state index in [-0.39, 0.29) is 0 Å². The Balaban J connectivity index is 1.23. The summed E-state index contributed by atoms with van der Waals surface area (Å²) in [6.45, 7) is 5.22. The second kappa shape index (κ2) is 9.80. The maximum absolute atomic E-state index is 6.51. The molecule has 0 amide bonds. The molecule has 0 aromatic heterocycles. The third kappa shape index (κ3) is 4.72.